The molecule has 2 saturated heterocycles. The molecule has 0 unspecified atom stereocenters. The van der Waals surface area contributed by atoms with E-state index >= 15 is 0 Å². The summed E-state index contributed by atoms with van der Waals surface area (Å²) in [5.74, 6) is 0.00260. The fourth-order valence-electron chi connectivity index (χ4n) is 3.53. The average molecular weight is 338 g/mol. The third kappa shape index (κ3) is 3.74. The highest BCUT2D eigenvalue weighted by Gasteiger charge is 2.40. The molecule has 1 aromatic heterocycles. The highest BCUT2D eigenvalue weighted by molar-refractivity contribution is 7.03. The number of nitrogens with one attached hydrogen (secondary N) is 1. The van der Waals surface area contributed by atoms with E-state index in [0.29, 0.717) is 12.1 Å². The Labute approximate surface area is 142 Å². The molecule has 0 atom stereocenters. The first-order valence-corrected chi connectivity index (χ1v) is 9.15. The van der Waals surface area contributed by atoms with Gasteiger partial charge in [-0.25, -0.2) is 0 Å². The largest absolute Gasteiger partial charge is 0.379 e. The van der Waals surface area contributed by atoms with Gasteiger partial charge in [0.05, 0.1) is 24.5 Å². The molecule has 1 amide bonds. The molecule has 0 aromatic carbocycles. The molecule has 0 spiro atoms. The number of carbonyl (C=O) groups is 1. The molecule has 23 heavy (non-hydrogen) atoms. The molecule has 3 heterocycles. The lowest BCUT2D eigenvalue weighted by atomic mass is 9.85. The molecular formula is C16H26N4O2S. The lowest BCUT2D eigenvalue weighted by molar-refractivity contribution is -0.0439. The number of piperidine rings is 1. The number of carbonyl (C=O) groups excluding carboxylic acids is 1. The number of morpholine rings is 1. The molecule has 6 nitrogen and oxygen atoms in total. The van der Waals surface area contributed by atoms with E-state index in [-0.39, 0.29) is 11.4 Å². The maximum absolute atomic E-state index is 12.5. The van der Waals surface area contributed by atoms with Gasteiger partial charge in [-0.3, -0.25) is 9.69 Å². The van der Waals surface area contributed by atoms with E-state index in [0.717, 1.165) is 57.9 Å². The minimum Gasteiger partial charge on any atom is -0.379 e. The van der Waals surface area contributed by atoms with Crippen molar-refractivity contribution in [3.8, 4) is 0 Å². The van der Waals surface area contributed by atoms with Crippen LogP contribution in [0.1, 0.15) is 28.9 Å². The molecule has 1 aromatic rings. The zero-order valence-electron chi connectivity index (χ0n) is 14.0. The molecule has 7 heteroatoms. The van der Waals surface area contributed by atoms with Crippen molar-refractivity contribution in [3.05, 3.63) is 16.6 Å². The molecule has 2 fully saturated rings. The van der Waals surface area contributed by atoms with Crippen molar-refractivity contribution in [1.82, 2.24) is 19.5 Å². The lowest BCUT2D eigenvalue weighted by Crippen LogP contribution is -2.62. The summed E-state index contributed by atoms with van der Waals surface area (Å²) >= 11 is 1.34. The zero-order valence-corrected chi connectivity index (χ0v) is 14.8. The monoisotopic (exact) mass is 338 g/mol. The van der Waals surface area contributed by atoms with Crippen LogP contribution in [0.5, 0.6) is 0 Å². The quantitative estimate of drug-likeness (QED) is 0.887. The zero-order chi connectivity index (χ0) is 16.3. The number of nitrogens with zero attached hydrogens (tertiary/aromatic N) is 3. The molecule has 3 rings (SSSR count). The summed E-state index contributed by atoms with van der Waals surface area (Å²) in [6, 6.07) is 0. The van der Waals surface area contributed by atoms with Crippen LogP contribution >= 0.6 is 11.5 Å². The van der Waals surface area contributed by atoms with E-state index in [1.807, 2.05) is 12.3 Å². The molecule has 0 radical (unpaired) electrons. The molecule has 0 aliphatic carbocycles. The van der Waals surface area contributed by atoms with Crippen LogP contribution in [0, 0.1) is 6.92 Å². The van der Waals surface area contributed by atoms with Crippen LogP contribution in [0.4, 0.5) is 0 Å². The van der Waals surface area contributed by atoms with Gasteiger partial charge >= 0.3 is 0 Å². The van der Waals surface area contributed by atoms with Crippen LogP contribution in [-0.2, 0) is 4.74 Å². The number of aromatic nitrogens is 1. The van der Waals surface area contributed by atoms with Crippen molar-refractivity contribution in [2.45, 2.75) is 25.3 Å². The minimum atomic E-state index is 0.00260. The van der Waals surface area contributed by atoms with E-state index in [4.69, 9.17) is 4.74 Å². The summed E-state index contributed by atoms with van der Waals surface area (Å²) in [5, 5.41) is 5.01. The molecule has 128 valence electrons. The Bertz CT molecular complexity index is 534. The second-order valence-corrected chi connectivity index (χ2v) is 7.25. The Kier molecular flexibility index (Phi) is 5.31. The van der Waals surface area contributed by atoms with Gasteiger partial charge in [0.25, 0.3) is 5.91 Å². The number of likely N-dealkylation sites (tertiary alicyclic amines) is 1. The van der Waals surface area contributed by atoms with Crippen molar-refractivity contribution in [2.75, 3.05) is 53.0 Å². The van der Waals surface area contributed by atoms with Gasteiger partial charge in [0.2, 0.25) is 0 Å². The Balaban J connectivity index is 1.68. The van der Waals surface area contributed by atoms with E-state index in [1.54, 1.807) is 0 Å². The van der Waals surface area contributed by atoms with Crippen molar-refractivity contribution in [1.29, 1.82) is 0 Å². The molecule has 0 bridgehead atoms. The molecular weight excluding hydrogens is 312 g/mol. The van der Waals surface area contributed by atoms with Crippen molar-refractivity contribution < 1.29 is 9.53 Å². The van der Waals surface area contributed by atoms with Gasteiger partial charge in [0, 0.05) is 30.6 Å². The summed E-state index contributed by atoms with van der Waals surface area (Å²) < 4.78 is 9.71. The lowest BCUT2D eigenvalue weighted by Gasteiger charge is -2.49. The number of hydrogen-bond donors (Lipinski definition) is 1. The number of ether oxygens (including phenoxy) is 1. The Hall–Kier alpha value is -1.02. The van der Waals surface area contributed by atoms with Crippen LogP contribution in [0.25, 0.3) is 0 Å². The van der Waals surface area contributed by atoms with Crippen LogP contribution in [0.2, 0.25) is 0 Å². The summed E-state index contributed by atoms with van der Waals surface area (Å²) in [4.78, 5) is 17.4. The van der Waals surface area contributed by atoms with Crippen LogP contribution in [0.3, 0.4) is 0 Å². The van der Waals surface area contributed by atoms with E-state index < -0.39 is 0 Å². The number of hydrogen-bond acceptors (Lipinski definition) is 6. The van der Waals surface area contributed by atoms with Gasteiger partial charge in [-0.2, -0.15) is 4.37 Å². The fraction of sp³-hybridized carbons (Fsp3) is 0.750. The first-order valence-electron chi connectivity index (χ1n) is 8.31. The number of amides is 1. The standard InChI is InChI=1S/C16H26N4O2S/c1-13-14(11-23-18-13)15(21)17-12-16(3-5-19(2)6-4-16)20-7-9-22-10-8-20/h11H,3-10,12H2,1-2H3,(H,17,21). The summed E-state index contributed by atoms with van der Waals surface area (Å²) in [7, 11) is 2.17. The molecule has 2 aliphatic heterocycles. The summed E-state index contributed by atoms with van der Waals surface area (Å²) in [5.41, 5.74) is 1.58. The van der Waals surface area contributed by atoms with Crippen molar-refractivity contribution in [3.63, 3.8) is 0 Å². The molecule has 1 N–H and O–H groups in total. The van der Waals surface area contributed by atoms with Crippen LogP contribution in [0.15, 0.2) is 5.38 Å². The predicted octanol–water partition coefficient (Wildman–Crippen LogP) is 0.978. The molecule has 2 aliphatic rings. The van der Waals surface area contributed by atoms with Gasteiger partial charge in [0.15, 0.2) is 0 Å². The van der Waals surface area contributed by atoms with E-state index in [2.05, 4.69) is 26.5 Å². The van der Waals surface area contributed by atoms with Crippen molar-refractivity contribution >= 4 is 17.4 Å². The topological polar surface area (TPSA) is 57.7 Å². The highest BCUT2D eigenvalue weighted by atomic mass is 32.1. The van der Waals surface area contributed by atoms with Gasteiger partial charge in [0.1, 0.15) is 0 Å². The highest BCUT2D eigenvalue weighted by Crippen LogP contribution is 2.29. The Morgan fingerprint density at radius 2 is 2.04 bits per heavy atom. The number of aryl methyl sites for hydroxylation is 1. The second kappa shape index (κ2) is 7.25. The van der Waals surface area contributed by atoms with Crippen LogP contribution in [-0.4, -0.2) is 78.6 Å². The smallest absolute Gasteiger partial charge is 0.254 e. The number of rotatable bonds is 4. The maximum Gasteiger partial charge on any atom is 0.254 e. The normalized spacial score (nSPS) is 22.9. The van der Waals surface area contributed by atoms with Crippen molar-refractivity contribution in [2.24, 2.45) is 0 Å². The summed E-state index contributed by atoms with van der Waals surface area (Å²) in [6.45, 7) is 8.24. The second-order valence-electron chi connectivity index (χ2n) is 6.62. The Morgan fingerprint density at radius 3 is 2.65 bits per heavy atom. The van der Waals surface area contributed by atoms with Gasteiger partial charge in [-0.1, -0.05) is 0 Å². The Morgan fingerprint density at radius 1 is 1.35 bits per heavy atom. The maximum atomic E-state index is 12.5. The third-order valence-corrected chi connectivity index (χ3v) is 5.89. The first-order chi connectivity index (χ1) is 11.1. The minimum absolute atomic E-state index is 0.00260. The first kappa shape index (κ1) is 16.8. The fourth-order valence-corrected chi connectivity index (χ4v) is 4.22. The van der Waals surface area contributed by atoms with Gasteiger partial charge in [-0.05, 0) is 51.4 Å². The van der Waals surface area contributed by atoms with E-state index in [1.165, 1.54) is 11.5 Å². The molecule has 0 saturated carbocycles. The predicted molar refractivity (Wildman–Crippen MR) is 91.0 cm³/mol. The SMILES string of the molecule is Cc1nscc1C(=O)NCC1(N2CCOCC2)CCN(C)CC1. The average Bonchev–Trinajstić information content (AvgIpc) is 3.01. The van der Waals surface area contributed by atoms with Crippen LogP contribution < -0.4 is 5.32 Å². The van der Waals surface area contributed by atoms with Gasteiger partial charge in [-0.15, -0.1) is 0 Å². The van der Waals surface area contributed by atoms with E-state index in [9.17, 15) is 4.79 Å². The van der Waals surface area contributed by atoms with Gasteiger partial charge < -0.3 is 15.0 Å². The summed E-state index contributed by atoms with van der Waals surface area (Å²) in [6.07, 6.45) is 2.18. The third-order valence-electron chi connectivity index (χ3n) is 5.17.